The second-order valence-electron chi connectivity index (χ2n) is 6.78. The topological polar surface area (TPSA) is 63.7 Å². The SMILES string of the molecule is CCOC(=O)c1ccc(N2C(=O)[C@@H]3[C@H]4C[C@H]([C@H](Br)[C@@H]4Br)[C@@H]3C2=O)cc1. The maximum absolute atomic E-state index is 12.9. The molecule has 0 spiro atoms. The molecule has 7 heteroatoms. The molecule has 6 atom stereocenters. The van der Waals surface area contributed by atoms with Gasteiger partial charge < -0.3 is 4.74 Å². The van der Waals surface area contributed by atoms with Crippen molar-refractivity contribution in [3.8, 4) is 0 Å². The fraction of sp³-hybridized carbons (Fsp3) is 0.500. The molecule has 132 valence electrons. The van der Waals surface area contributed by atoms with Crippen LogP contribution in [0.25, 0.3) is 0 Å². The van der Waals surface area contributed by atoms with Crippen molar-refractivity contribution in [2.24, 2.45) is 23.7 Å². The third-order valence-electron chi connectivity index (χ3n) is 5.62. The number of hydrogen-bond donors (Lipinski definition) is 0. The summed E-state index contributed by atoms with van der Waals surface area (Å²) in [5.74, 6) is -0.724. The largest absolute Gasteiger partial charge is 0.462 e. The summed E-state index contributed by atoms with van der Waals surface area (Å²) in [6, 6.07) is 6.47. The van der Waals surface area contributed by atoms with Crippen LogP contribution in [-0.2, 0) is 14.3 Å². The number of benzene rings is 1. The Bertz CT molecular complexity index is 718. The molecule has 4 rings (SSSR count). The third-order valence-corrected chi connectivity index (χ3v) is 8.83. The fourth-order valence-corrected chi connectivity index (χ4v) is 6.44. The molecule has 2 amide bonds. The lowest BCUT2D eigenvalue weighted by Crippen LogP contribution is -2.37. The van der Waals surface area contributed by atoms with E-state index in [1.807, 2.05) is 0 Å². The summed E-state index contributed by atoms with van der Waals surface area (Å²) in [6.07, 6.45) is 0.911. The second kappa shape index (κ2) is 6.20. The molecular formula is C18H17Br2NO4. The van der Waals surface area contributed by atoms with Gasteiger partial charge in [-0.05, 0) is 49.4 Å². The predicted molar refractivity (Wildman–Crippen MR) is 98.9 cm³/mol. The van der Waals surface area contributed by atoms with E-state index in [9.17, 15) is 14.4 Å². The highest BCUT2D eigenvalue weighted by Gasteiger charge is 2.66. The summed E-state index contributed by atoms with van der Waals surface area (Å²) in [5.41, 5.74) is 0.931. The molecule has 25 heavy (non-hydrogen) atoms. The van der Waals surface area contributed by atoms with Crippen LogP contribution in [0.1, 0.15) is 23.7 Å². The molecule has 1 aromatic carbocycles. The molecule has 3 aliphatic rings. The number of imide groups is 1. The molecule has 1 saturated heterocycles. The van der Waals surface area contributed by atoms with Crippen LogP contribution < -0.4 is 4.90 Å². The lowest BCUT2D eigenvalue weighted by Gasteiger charge is -2.28. The van der Waals surface area contributed by atoms with Crippen molar-refractivity contribution in [3.05, 3.63) is 29.8 Å². The van der Waals surface area contributed by atoms with Gasteiger partial charge in [0.15, 0.2) is 0 Å². The number of alkyl halides is 2. The summed E-state index contributed by atoms with van der Waals surface area (Å²) >= 11 is 7.36. The van der Waals surface area contributed by atoms with Crippen LogP contribution in [0.2, 0.25) is 0 Å². The van der Waals surface area contributed by atoms with Crippen LogP contribution >= 0.6 is 31.9 Å². The zero-order valence-corrected chi connectivity index (χ0v) is 16.7. The highest BCUT2D eigenvalue weighted by molar-refractivity contribution is 9.12. The molecule has 3 fully saturated rings. The lowest BCUT2D eigenvalue weighted by molar-refractivity contribution is -0.123. The number of ether oxygens (including phenoxy) is 1. The molecule has 2 bridgehead atoms. The Labute approximate surface area is 162 Å². The third kappa shape index (κ3) is 2.42. The van der Waals surface area contributed by atoms with E-state index in [0.29, 0.717) is 17.9 Å². The van der Waals surface area contributed by atoms with Crippen molar-refractivity contribution >= 4 is 55.3 Å². The highest BCUT2D eigenvalue weighted by Crippen LogP contribution is 2.60. The van der Waals surface area contributed by atoms with Crippen molar-refractivity contribution in [2.75, 3.05) is 11.5 Å². The van der Waals surface area contributed by atoms with Crippen LogP contribution in [0.4, 0.5) is 5.69 Å². The van der Waals surface area contributed by atoms with Crippen molar-refractivity contribution in [1.29, 1.82) is 0 Å². The molecule has 0 aromatic heterocycles. The number of carbonyl (C=O) groups is 3. The van der Waals surface area contributed by atoms with Crippen LogP contribution in [0.5, 0.6) is 0 Å². The summed E-state index contributed by atoms with van der Waals surface area (Å²) in [5, 5.41) is 0. The van der Waals surface area contributed by atoms with E-state index in [2.05, 4.69) is 31.9 Å². The minimum Gasteiger partial charge on any atom is -0.462 e. The van der Waals surface area contributed by atoms with Gasteiger partial charge in [0.1, 0.15) is 0 Å². The van der Waals surface area contributed by atoms with Gasteiger partial charge in [-0.15, -0.1) is 0 Å². The number of esters is 1. The normalized spacial score (nSPS) is 36.0. The number of carbonyl (C=O) groups excluding carboxylic acids is 3. The Morgan fingerprint density at radius 2 is 1.60 bits per heavy atom. The summed E-state index contributed by atoms with van der Waals surface area (Å²) in [4.78, 5) is 39.4. The van der Waals surface area contributed by atoms with Crippen molar-refractivity contribution in [1.82, 2.24) is 0 Å². The number of anilines is 1. The average molecular weight is 471 g/mol. The first-order valence-electron chi connectivity index (χ1n) is 8.38. The molecule has 2 saturated carbocycles. The zero-order chi connectivity index (χ0) is 17.9. The van der Waals surface area contributed by atoms with Gasteiger partial charge in [0, 0.05) is 9.65 Å². The van der Waals surface area contributed by atoms with Gasteiger partial charge in [-0.1, -0.05) is 31.9 Å². The molecular weight excluding hydrogens is 454 g/mol. The van der Waals surface area contributed by atoms with Gasteiger partial charge >= 0.3 is 5.97 Å². The average Bonchev–Trinajstić information content (AvgIpc) is 3.20. The number of fused-ring (bicyclic) bond motifs is 5. The van der Waals surface area contributed by atoms with Crippen molar-refractivity contribution in [3.63, 3.8) is 0 Å². The molecule has 1 heterocycles. The highest BCUT2D eigenvalue weighted by atomic mass is 79.9. The first-order chi connectivity index (χ1) is 12.0. The Hall–Kier alpha value is -1.21. The monoisotopic (exact) mass is 469 g/mol. The van der Waals surface area contributed by atoms with Crippen molar-refractivity contribution in [2.45, 2.75) is 23.0 Å². The summed E-state index contributed by atoms with van der Waals surface area (Å²) < 4.78 is 4.96. The summed E-state index contributed by atoms with van der Waals surface area (Å²) in [6.45, 7) is 2.05. The van der Waals surface area contributed by atoms with E-state index in [4.69, 9.17) is 4.74 Å². The van der Waals surface area contributed by atoms with Gasteiger partial charge in [-0.25, -0.2) is 4.79 Å². The molecule has 1 aliphatic heterocycles. The van der Waals surface area contributed by atoms with E-state index in [-0.39, 0.29) is 45.1 Å². The minimum absolute atomic E-state index is 0.116. The van der Waals surface area contributed by atoms with Gasteiger partial charge in [0.2, 0.25) is 11.8 Å². The lowest BCUT2D eigenvalue weighted by atomic mass is 9.81. The predicted octanol–water partition coefficient (Wildman–Crippen LogP) is 3.15. The Kier molecular flexibility index (Phi) is 4.27. The molecule has 1 aromatic rings. The number of rotatable bonds is 3. The van der Waals surface area contributed by atoms with Crippen LogP contribution in [0.15, 0.2) is 24.3 Å². The first kappa shape index (κ1) is 17.2. The molecule has 0 N–H and O–H groups in total. The van der Waals surface area contributed by atoms with E-state index in [0.717, 1.165) is 6.42 Å². The van der Waals surface area contributed by atoms with Crippen LogP contribution in [-0.4, -0.2) is 34.0 Å². The number of halogens is 2. The maximum Gasteiger partial charge on any atom is 0.338 e. The zero-order valence-electron chi connectivity index (χ0n) is 13.5. The van der Waals surface area contributed by atoms with Gasteiger partial charge in [-0.3, -0.25) is 14.5 Å². The number of hydrogen-bond acceptors (Lipinski definition) is 4. The minimum atomic E-state index is -0.410. The second-order valence-corrected chi connectivity index (χ2v) is 8.90. The van der Waals surface area contributed by atoms with Gasteiger partial charge in [0.05, 0.1) is 29.7 Å². The van der Waals surface area contributed by atoms with E-state index >= 15 is 0 Å². The smallest absolute Gasteiger partial charge is 0.338 e. The Morgan fingerprint density at radius 3 is 2.08 bits per heavy atom. The van der Waals surface area contributed by atoms with Crippen LogP contribution in [0.3, 0.4) is 0 Å². The summed E-state index contributed by atoms with van der Waals surface area (Å²) in [7, 11) is 0. The van der Waals surface area contributed by atoms with Gasteiger partial charge in [0.25, 0.3) is 0 Å². The molecule has 0 unspecified atom stereocenters. The first-order valence-corrected chi connectivity index (χ1v) is 10.2. The molecule has 2 aliphatic carbocycles. The number of nitrogens with zero attached hydrogens (tertiary/aromatic N) is 1. The van der Waals surface area contributed by atoms with E-state index in [1.54, 1.807) is 31.2 Å². The fourth-order valence-electron chi connectivity index (χ4n) is 4.56. The van der Waals surface area contributed by atoms with Crippen molar-refractivity contribution < 1.29 is 19.1 Å². The van der Waals surface area contributed by atoms with E-state index in [1.165, 1.54) is 4.90 Å². The van der Waals surface area contributed by atoms with E-state index < -0.39 is 5.97 Å². The molecule has 5 nitrogen and oxygen atoms in total. The Balaban J connectivity index is 1.61. The van der Waals surface area contributed by atoms with Crippen LogP contribution in [0, 0.1) is 23.7 Å². The Morgan fingerprint density at radius 1 is 1.08 bits per heavy atom. The standard InChI is InChI=1S/C18H17Br2NO4/c1-2-25-18(24)8-3-5-9(6-4-8)21-16(22)12-10-7-11(13(12)17(21)23)15(20)14(10)19/h3-6,10-15H,2,7H2,1H3/t10-,11+,12-,13+,14-,15+. The molecule has 0 radical (unpaired) electrons. The maximum atomic E-state index is 12.9. The quantitative estimate of drug-likeness (QED) is 0.386. The van der Waals surface area contributed by atoms with Gasteiger partial charge in [-0.2, -0.15) is 0 Å². The number of amides is 2.